The molecule has 0 amide bonds. The number of nitrogens with zero attached hydrogens (tertiary/aromatic N) is 1. The first-order valence-corrected chi connectivity index (χ1v) is 6.69. The van der Waals surface area contributed by atoms with Crippen molar-refractivity contribution >= 4 is 6.29 Å². The summed E-state index contributed by atoms with van der Waals surface area (Å²) >= 11 is 0. The molecule has 0 aromatic rings. The van der Waals surface area contributed by atoms with Crippen molar-refractivity contribution in [2.75, 3.05) is 26.2 Å². The highest BCUT2D eigenvalue weighted by molar-refractivity contribution is 5.59. The second-order valence-electron chi connectivity index (χ2n) is 5.24. The Kier molecular flexibility index (Phi) is 6.71. The van der Waals surface area contributed by atoms with Gasteiger partial charge in [-0.3, -0.25) is 4.90 Å². The number of hydrogen-bond donors (Lipinski definition) is 1. The van der Waals surface area contributed by atoms with Crippen molar-refractivity contribution in [2.45, 2.75) is 45.0 Å². The molecule has 106 valence electrons. The largest absolute Gasteiger partial charge is 0.395 e. The van der Waals surface area contributed by atoms with E-state index in [4.69, 9.17) is 5.11 Å². The van der Waals surface area contributed by atoms with E-state index in [1.807, 2.05) is 0 Å². The summed E-state index contributed by atoms with van der Waals surface area (Å²) < 4.78 is 24.9. The van der Waals surface area contributed by atoms with E-state index in [1.165, 1.54) is 4.90 Å². The summed E-state index contributed by atoms with van der Waals surface area (Å²) in [5.74, 6) is 0. The predicted molar refractivity (Wildman–Crippen MR) is 65.7 cm³/mol. The second-order valence-corrected chi connectivity index (χ2v) is 5.24. The fourth-order valence-corrected chi connectivity index (χ4v) is 2.76. The van der Waals surface area contributed by atoms with Gasteiger partial charge in [-0.1, -0.05) is 25.7 Å². The second kappa shape index (κ2) is 7.79. The molecule has 1 rings (SSSR count). The van der Waals surface area contributed by atoms with Crippen LogP contribution in [0.2, 0.25) is 0 Å². The number of carbonyl (C=O) groups excluding carboxylic acids is 1. The zero-order chi connectivity index (χ0) is 13.4. The van der Waals surface area contributed by atoms with Crippen LogP contribution in [0.4, 0.5) is 8.78 Å². The van der Waals surface area contributed by atoms with Crippen LogP contribution in [0.15, 0.2) is 0 Å². The Hall–Kier alpha value is -0.550. The van der Waals surface area contributed by atoms with Crippen molar-refractivity contribution in [3.05, 3.63) is 0 Å². The van der Waals surface area contributed by atoms with Crippen LogP contribution in [0, 0.1) is 5.41 Å². The average Bonchev–Trinajstić information content (AvgIpc) is 2.55. The van der Waals surface area contributed by atoms with Crippen LogP contribution in [0.3, 0.4) is 0 Å². The SMILES string of the molecule is O=CC1(CN(CCO)CC(F)F)CCCCCC1. The molecule has 0 spiro atoms. The van der Waals surface area contributed by atoms with Gasteiger partial charge in [0.15, 0.2) is 0 Å². The quantitative estimate of drug-likeness (QED) is 0.565. The third-order valence-corrected chi connectivity index (χ3v) is 3.70. The van der Waals surface area contributed by atoms with Gasteiger partial charge in [-0.15, -0.1) is 0 Å². The van der Waals surface area contributed by atoms with E-state index in [0.717, 1.165) is 44.8 Å². The molecule has 0 aliphatic heterocycles. The van der Waals surface area contributed by atoms with Crippen molar-refractivity contribution in [3.63, 3.8) is 0 Å². The fraction of sp³-hybridized carbons (Fsp3) is 0.923. The molecule has 1 N–H and O–H groups in total. The van der Waals surface area contributed by atoms with Crippen LogP contribution < -0.4 is 0 Å². The molecule has 0 atom stereocenters. The lowest BCUT2D eigenvalue weighted by molar-refractivity contribution is -0.118. The van der Waals surface area contributed by atoms with Gasteiger partial charge in [0.05, 0.1) is 13.2 Å². The van der Waals surface area contributed by atoms with Gasteiger partial charge in [-0.2, -0.15) is 0 Å². The maximum absolute atomic E-state index is 12.5. The monoisotopic (exact) mass is 263 g/mol. The minimum absolute atomic E-state index is 0.151. The number of aliphatic hydroxyl groups is 1. The topological polar surface area (TPSA) is 40.5 Å². The Labute approximate surface area is 107 Å². The molecule has 1 aliphatic rings. The number of carbonyl (C=O) groups is 1. The van der Waals surface area contributed by atoms with E-state index in [9.17, 15) is 13.6 Å². The lowest BCUT2D eigenvalue weighted by Crippen LogP contribution is -2.42. The summed E-state index contributed by atoms with van der Waals surface area (Å²) in [5.41, 5.74) is -0.486. The maximum Gasteiger partial charge on any atom is 0.251 e. The molecule has 0 saturated heterocycles. The highest BCUT2D eigenvalue weighted by Gasteiger charge is 2.33. The van der Waals surface area contributed by atoms with Gasteiger partial charge < -0.3 is 9.90 Å². The van der Waals surface area contributed by atoms with E-state index in [1.54, 1.807) is 0 Å². The van der Waals surface area contributed by atoms with Gasteiger partial charge in [0.25, 0.3) is 6.43 Å². The first kappa shape index (κ1) is 15.5. The third kappa shape index (κ3) is 4.98. The summed E-state index contributed by atoms with van der Waals surface area (Å²) in [7, 11) is 0. The molecule has 1 fully saturated rings. The molecule has 0 aromatic carbocycles. The Morgan fingerprint density at radius 1 is 1.22 bits per heavy atom. The van der Waals surface area contributed by atoms with Gasteiger partial charge in [-0.25, -0.2) is 8.78 Å². The lowest BCUT2D eigenvalue weighted by Gasteiger charge is -2.33. The Morgan fingerprint density at radius 2 is 1.83 bits per heavy atom. The number of aldehydes is 1. The normalized spacial score (nSPS) is 20.1. The lowest BCUT2D eigenvalue weighted by atomic mass is 9.81. The zero-order valence-electron chi connectivity index (χ0n) is 10.8. The van der Waals surface area contributed by atoms with Crippen molar-refractivity contribution in [1.29, 1.82) is 0 Å². The van der Waals surface area contributed by atoms with E-state index in [2.05, 4.69) is 0 Å². The minimum Gasteiger partial charge on any atom is -0.395 e. The van der Waals surface area contributed by atoms with E-state index >= 15 is 0 Å². The van der Waals surface area contributed by atoms with Gasteiger partial charge >= 0.3 is 0 Å². The minimum atomic E-state index is -2.42. The van der Waals surface area contributed by atoms with Crippen LogP contribution in [0.25, 0.3) is 0 Å². The summed E-state index contributed by atoms with van der Waals surface area (Å²) in [6, 6.07) is 0. The highest BCUT2D eigenvalue weighted by Crippen LogP contribution is 2.34. The molecular weight excluding hydrogens is 240 g/mol. The predicted octanol–water partition coefficient (Wildman–Crippen LogP) is 2.09. The molecule has 1 saturated carbocycles. The number of halogens is 2. The fourth-order valence-electron chi connectivity index (χ4n) is 2.76. The maximum atomic E-state index is 12.5. The van der Waals surface area contributed by atoms with E-state index < -0.39 is 11.8 Å². The average molecular weight is 263 g/mol. The molecule has 0 radical (unpaired) electrons. The highest BCUT2D eigenvalue weighted by atomic mass is 19.3. The van der Waals surface area contributed by atoms with E-state index in [0.29, 0.717) is 6.54 Å². The van der Waals surface area contributed by atoms with Crippen molar-refractivity contribution in [1.82, 2.24) is 4.90 Å². The van der Waals surface area contributed by atoms with Crippen LogP contribution in [0.1, 0.15) is 38.5 Å². The molecule has 5 heteroatoms. The Morgan fingerprint density at radius 3 is 2.28 bits per heavy atom. The molecule has 0 bridgehead atoms. The van der Waals surface area contributed by atoms with Crippen molar-refractivity contribution < 1.29 is 18.7 Å². The molecular formula is C13H23F2NO2. The van der Waals surface area contributed by atoms with Gasteiger partial charge in [0.1, 0.15) is 6.29 Å². The zero-order valence-corrected chi connectivity index (χ0v) is 10.8. The number of rotatable bonds is 7. The summed E-state index contributed by atoms with van der Waals surface area (Å²) in [5, 5.41) is 8.92. The van der Waals surface area contributed by atoms with Crippen LogP contribution >= 0.6 is 0 Å². The first-order valence-electron chi connectivity index (χ1n) is 6.69. The number of hydrogen-bond acceptors (Lipinski definition) is 3. The molecule has 0 heterocycles. The molecule has 1 aliphatic carbocycles. The van der Waals surface area contributed by atoms with Crippen LogP contribution in [0.5, 0.6) is 0 Å². The van der Waals surface area contributed by atoms with Crippen LogP contribution in [-0.2, 0) is 4.79 Å². The smallest absolute Gasteiger partial charge is 0.251 e. The molecule has 0 aromatic heterocycles. The Bertz CT molecular complexity index is 241. The molecule has 0 unspecified atom stereocenters. The molecule has 3 nitrogen and oxygen atoms in total. The number of alkyl halides is 2. The summed E-state index contributed by atoms with van der Waals surface area (Å²) in [6.45, 7) is 0.0408. The van der Waals surface area contributed by atoms with Crippen molar-refractivity contribution in [3.8, 4) is 0 Å². The number of aliphatic hydroxyl groups excluding tert-OH is 1. The molecule has 18 heavy (non-hydrogen) atoms. The van der Waals surface area contributed by atoms with Crippen molar-refractivity contribution in [2.24, 2.45) is 5.41 Å². The standard InChI is InChI=1S/C13H23F2NO2/c14-12(15)9-16(7-8-17)10-13(11-18)5-3-1-2-4-6-13/h11-12,17H,1-10H2. The first-order chi connectivity index (χ1) is 8.62. The Balaban J connectivity index is 2.63. The van der Waals surface area contributed by atoms with Gasteiger partial charge in [0.2, 0.25) is 0 Å². The summed E-state index contributed by atoms with van der Waals surface area (Å²) in [6.07, 6.45) is 4.29. The van der Waals surface area contributed by atoms with E-state index in [-0.39, 0.29) is 19.7 Å². The third-order valence-electron chi connectivity index (χ3n) is 3.70. The summed E-state index contributed by atoms with van der Waals surface area (Å²) in [4.78, 5) is 12.9. The van der Waals surface area contributed by atoms with Gasteiger partial charge in [-0.05, 0) is 12.8 Å². The van der Waals surface area contributed by atoms with Crippen LogP contribution in [-0.4, -0.2) is 49.0 Å². The van der Waals surface area contributed by atoms with Gasteiger partial charge in [0, 0.05) is 18.5 Å².